The molecule has 3 aromatic carbocycles. The summed E-state index contributed by atoms with van der Waals surface area (Å²) in [5.41, 5.74) is 1.34. The number of nitrogens with zero attached hydrogens (tertiary/aromatic N) is 1. The van der Waals surface area contributed by atoms with Crippen LogP contribution < -0.4 is 19.7 Å². The smallest absolute Gasteiger partial charge is 0.416 e. The Labute approximate surface area is 196 Å². The first kappa shape index (κ1) is 22.1. The van der Waals surface area contributed by atoms with Crippen LogP contribution in [0.5, 0.6) is 11.5 Å². The van der Waals surface area contributed by atoms with Crippen LogP contribution in [0.2, 0.25) is 0 Å². The Hall–Kier alpha value is -3.66. The van der Waals surface area contributed by atoms with Crippen LogP contribution in [0.15, 0.2) is 66.7 Å². The molecule has 0 spiro atoms. The van der Waals surface area contributed by atoms with Gasteiger partial charge in [0, 0.05) is 23.0 Å². The second-order valence-corrected chi connectivity index (χ2v) is 8.68. The SMILES string of the molecule is O=C(Nc1ccc(C2SCC(=O)N2c2ccc3c(c2)OCO3)cc1)c1ccc(C(F)(F)F)cc1. The third kappa shape index (κ3) is 4.28. The minimum absolute atomic E-state index is 0.0338. The Morgan fingerprint density at radius 2 is 1.68 bits per heavy atom. The topological polar surface area (TPSA) is 67.9 Å². The normalized spacial score (nSPS) is 17.2. The number of fused-ring (bicyclic) bond motifs is 1. The molecule has 2 amide bonds. The lowest BCUT2D eigenvalue weighted by Gasteiger charge is -2.24. The highest BCUT2D eigenvalue weighted by Crippen LogP contribution is 2.44. The third-order valence-electron chi connectivity index (χ3n) is 5.43. The zero-order valence-corrected chi connectivity index (χ0v) is 18.3. The fraction of sp³-hybridized carbons (Fsp3) is 0.167. The molecule has 1 unspecified atom stereocenters. The number of ether oxygens (including phenoxy) is 2. The first-order chi connectivity index (χ1) is 16.3. The Morgan fingerprint density at radius 1 is 0.971 bits per heavy atom. The van der Waals surface area contributed by atoms with Crippen LogP contribution >= 0.6 is 11.8 Å². The molecule has 0 saturated carbocycles. The van der Waals surface area contributed by atoms with E-state index in [9.17, 15) is 22.8 Å². The fourth-order valence-electron chi connectivity index (χ4n) is 3.73. The van der Waals surface area contributed by atoms with Crippen molar-refractivity contribution < 1.29 is 32.2 Å². The van der Waals surface area contributed by atoms with Crippen LogP contribution in [0.4, 0.5) is 24.5 Å². The molecule has 3 aromatic rings. The van der Waals surface area contributed by atoms with Gasteiger partial charge >= 0.3 is 6.18 Å². The summed E-state index contributed by atoms with van der Waals surface area (Å²) in [4.78, 5) is 26.7. The van der Waals surface area contributed by atoms with Crippen LogP contribution in [0.1, 0.15) is 26.9 Å². The highest BCUT2D eigenvalue weighted by atomic mass is 32.2. The summed E-state index contributed by atoms with van der Waals surface area (Å²) in [6, 6.07) is 16.4. The maximum atomic E-state index is 12.7. The minimum Gasteiger partial charge on any atom is -0.454 e. The number of hydrogen-bond donors (Lipinski definition) is 1. The molecule has 2 aliphatic heterocycles. The number of anilines is 2. The van der Waals surface area contributed by atoms with Gasteiger partial charge in [-0.15, -0.1) is 11.8 Å². The zero-order valence-electron chi connectivity index (χ0n) is 17.5. The van der Waals surface area contributed by atoms with E-state index in [0.29, 0.717) is 28.6 Å². The number of thioether (sulfide) groups is 1. The van der Waals surface area contributed by atoms with Crippen molar-refractivity contribution >= 4 is 35.0 Å². The number of amides is 2. The molecule has 5 rings (SSSR count). The van der Waals surface area contributed by atoms with Crippen LogP contribution in [-0.2, 0) is 11.0 Å². The monoisotopic (exact) mass is 486 g/mol. The average molecular weight is 486 g/mol. The minimum atomic E-state index is -4.46. The summed E-state index contributed by atoms with van der Waals surface area (Å²) in [6.07, 6.45) is -4.46. The molecule has 2 heterocycles. The van der Waals surface area contributed by atoms with Crippen molar-refractivity contribution in [2.75, 3.05) is 22.8 Å². The molecule has 1 atom stereocenters. The molecule has 6 nitrogen and oxygen atoms in total. The predicted octanol–water partition coefficient (Wildman–Crippen LogP) is 5.47. The van der Waals surface area contributed by atoms with E-state index >= 15 is 0 Å². The van der Waals surface area contributed by atoms with E-state index in [2.05, 4.69) is 5.32 Å². The predicted molar refractivity (Wildman–Crippen MR) is 121 cm³/mol. The van der Waals surface area contributed by atoms with Crippen LogP contribution in [0, 0.1) is 0 Å². The van der Waals surface area contributed by atoms with Crippen LogP contribution in [0.3, 0.4) is 0 Å². The quantitative estimate of drug-likeness (QED) is 0.530. The van der Waals surface area contributed by atoms with E-state index in [4.69, 9.17) is 9.47 Å². The van der Waals surface area contributed by atoms with Gasteiger partial charge < -0.3 is 14.8 Å². The van der Waals surface area contributed by atoms with Crippen molar-refractivity contribution in [2.24, 2.45) is 0 Å². The maximum Gasteiger partial charge on any atom is 0.416 e. The lowest BCUT2D eigenvalue weighted by molar-refractivity contribution is -0.137. The Morgan fingerprint density at radius 3 is 2.38 bits per heavy atom. The largest absolute Gasteiger partial charge is 0.454 e. The molecule has 34 heavy (non-hydrogen) atoms. The first-order valence-corrected chi connectivity index (χ1v) is 11.3. The van der Waals surface area contributed by atoms with Gasteiger partial charge in [-0.05, 0) is 54.1 Å². The first-order valence-electron chi connectivity index (χ1n) is 10.2. The molecule has 1 N–H and O–H groups in total. The summed E-state index contributed by atoms with van der Waals surface area (Å²) >= 11 is 1.48. The number of carbonyl (C=O) groups excluding carboxylic acids is 2. The zero-order chi connectivity index (χ0) is 23.9. The Balaban J connectivity index is 1.30. The molecule has 0 aliphatic carbocycles. The van der Waals surface area contributed by atoms with Gasteiger partial charge in [0.15, 0.2) is 11.5 Å². The molecule has 174 valence electrons. The number of halogens is 3. The number of nitrogens with one attached hydrogen (secondary N) is 1. The van der Waals surface area contributed by atoms with Gasteiger partial charge in [-0.3, -0.25) is 14.5 Å². The third-order valence-corrected chi connectivity index (χ3v) is 6.64. The Bertz CT molecular complexity index is 1250. The molecule has 0 aromatic heterocycles. The number of benzene rings is 3. The van der Waals surface area contributed by atoms with E-state index in [0.717, 1.165) is 29.8 Å². The fourth-order valence-corrected chi connectivity index (χ4v) is 4.91. The van der Waals surface area contributed by atoms with E-state index in [1.807, 2.05) is 6.07 Å². The number of rotatable bonds is 4. The van der Waals surface area contributed by atoms with Crippen molar-refractivity contribution in [1.82, 2.24) is 0 Å². The van der Waals surface area contributed by atoms with E-state index in [1.165, 1.54) is 11.8 Å². The van der Waals surface area contributed by atoms with E-state index in [1.54, 1.807) is 41.3 Å². The van der Waals surface area contributed by atoms with Gasteiger partial charge in [0.2, 0.25) is 12.7 Å². The van der Waals surface area contributed by atoms with Gasteiger partial charge in [0.25, 0.3) is 5.91 Å². The molecule has 1 saturated heterocycles. The molecule has 0 bridgehead atoms. The molecule has 10 heteroatoms. The van der Waals surface area contributed by atoms with Gasteiger partial charge in [-0.1, -0.05) is 12.1 Å². The lowest BCUT2D eigenvalue weighted by atomic mass is 10.1. The maximum absolute atomic E-state index is 12.7. The highest BCUT2D eigenvalue weighted by Gasteiger charge is 2.35. The molecular weight excluding hydrogens is 469 g/mol. The van der Waals surface area contributed by atoms with Crippen LogP contribution in [-0.4, -0.2) is 24.4 Å². The van der Waals surface area contributed by atoms with Gasteiger partial charge in [-0.2, -0.15) is 13.2 Å². The highest BCUT2D eigenvalue weighted by molar-refractivity contribution is 8.00. The van der Waals surface area contributed by atoms with Gasteiger partial charge in [0.1, 0.15) is 5.37 Å². The average Bonchev–Trinajstić information content (AvgIpc) is 3.45. The molecular formula is C24H17F3N2O4S. The van der Waals surface area contributed by atoms with Crippen molar-refractivity contribution in [3.63, 3.8) is 0 Å². The van der Waals surface area contributed by atoms with Gasteiger partial charge in [-0.25, -0.2) is 0 Å². The van der Waals surface area contributed by atoms with E-state index < -0.39 is 17.6 Å². The summed E-state index contributed by atoms with van der Waals surface area (Å²) in [7, 11) is 0. The molecule has 1 fully saturated rings. The molecule has 2 aliphatic rings. The van der Waals surface area contributed by atoms with Crippen molar-refractivity contribution in [1.29, 1.82) is 0 Å². The van der Waals surface area contributed by atoms with E-state index in [-0.39, 0.29) is 23.6 Å². The summed E-state index contributed by atoms with van der Waals surface area (Å²) in [5, 5.41) is 2.42. The number of hydrogen-bond acceptors (Lipinski definition) is 5. The summed E-state index contributed by atoms with van der Waals surface area (Å²) in [6.45, 7) is 0.143. The second kappa shape index (κ2) is 8.60. The van der Waals surface area contributed by atoms with Crippen molar-refractivity contribution in [3.05, 3.63) is 83.4 Å². The van der Waals surface area contributed by atoms with Crippen molar-refractivity contribution in [3.8, 4) is 11.5 Å². The molecule has 0 radical (unpaired) electrons. The lowest BCUT2D eigenvalue weighted by Crippen LogP contribution is -2.27. The second-order valence-electron chi connectivity index (χ2n) is 7.62. The Kier molecular flexibility index (Phi) is 5.60. The van der Waals surface area contributed by atoms with Crippen molar-refractivity contribution in [2.45, 2.75) is 11.6 Å². The summed E-state index contributed by atoms with van der Waals surface area (Å²) < 4.78 is 48.9. The number of alkyl halides is 3. The van der Waals surface area contributed by atoms with Crippen LogP contribution in [0.25, 0.3) is 0 Å². The summed E-state index contributed by atoms with van der Waals surface area (Å²) in [5.74, 6) is 0.989. The number of carbonyl (C=O) groups is 2. The van der Waals surface area contributed by atoms with Gasteiger partial charge in [0.05, 0.1) is 11.3 Å². The standard InChI is InChI=1S/C24H17F3N2O4S/c25-24(26,27)16-5-1-14(2-6-16)22(31)28-17-7-3-15(4-8-17)23-29(21(30)12-34-23)18-9-10-19-20(11-18)33-13-32-19/h1-11,23H,12-13H2,(H,28,31).